The Morgan fingerprint density at radius 1 is 1.03 bits per heavy atom. The Balaban J connectivity index is 1.11. The molecule has 0 bridgehead atoms. The molecule has 3 unspecified atom stereocenters. The number of benzene rings is 2. The minimum Gasteiger partial charge on any atom is -0.366 e. The van der Waals surface area contributed by atoms with Crippen molar-refractivity contribution in [2.24, 2.45) is 11.0 Å². The van der Waals surface area contributed by atoms with Crippen molar-refractivity contribution in [3.63, 3.8) is 0 Å². The molecule has 6 rings (SSSR count). The van der Waals surface area contributed by atoms with E-state index < -0.39 is 0 Å². The summed E-state index contributed by atoms with van der Waals surface area (Å²) in [6, 6.07) is 14.5. The second kappa shape index (κ2) is 11.0. The molecule has 2 aromatic rings. The lowest BCUT2D eigenvalue weighted by Crippen LogP contribution is -2.67. The van der Waals surface area contributed by atoms with E-state index in [1.807, 2.05) is 45.0 Å². The first kappa shape index (κ1) is 25.9. The molecule has 4 aliphatic rings. The average Bonchev–Trinajstić information content (AvgIpc) is 3.39. The van der Waals surface area contributed by atoms with Crippen LogP contribution < -0.4 is 10.3 Å². The number of rotatable bonds is 6. The molecule has 0 aromatic heterocycles. The molecule has 8 nitrogen and oxygen atoms in total. The van der Waals surface area contributed by atoms with Gasteiger partial charge in [-0.15, -0.1) is 0 Å². The van der Waals surface area contributed by atoms with Crippen molar-refractivity contribution >= 4 is 34.9 Å². The van der Waals surface area contributed by atoms with Crippen LogP contribution in [0.1, 0.15) is 44.1 Å². The summed E-state index contributed by atoms with van der Waals surface area (Å²) in [7, 11) is 0. The molecule has 39 heavy (non-hydrogen) atoms. The number of carbonyl (C=O) groups is 2. The number of amidine groups is 1. The summed E-state index contributed by atoms with van der Waals surface area (Å²) in [4.78, 5) is 34.8. The molecule has 0 radical (unpaired) electrons. The van der Waals surface area contributed by atoms with Crippen molar-refractivity contribution in [2.75, 3.05) is 31.1 Å². The fraction of sp³-hybridized carbons (Fsp3) is 0.483. The van der Waals surface area contributed by atoms with Crippen LogP contribution in [-0.2, 0) is 16.1 Å². The van der Waals surface area contributed by atoms with E-state index in [-0.39, 0.29) is 35.9 Å². The zero-order valence-electron chi connectivity index (χ0n) is 21.9. The highest BCUT2D eigenvalue weighted by Gasteiger charge is 2.50. The molecule has 3 heterocycles. The maximum atomic E-state index is 14.2. The van der Waals surface area contributed by atoms with Crippen LogP contribution in [0.3, 0.4) is 0 Å². The highest BCUT2D eigenvalue weighted by atomic mass is 35.5. The number of piperazine rings is 1. The van der Waals surface area contributed by atoms with Crippen LogP contribution in [-0.4, -0.2) is 70.9 Å². The fourth-order valence-corrected chi connectivity index (χ4v) is 6.69. The van der Waals surface area contributed by atoms with Crippen molar-refractivity contribution in [3.8, 4) is 0 Å². The van der Waals surface area contributed by atoms with Crippen LogP contribution in [0.25, 0.3) is 0 Å². The first-order valence-electron chi connectivity index (χ1n) is 13.9. The van der Waals surface area contributed by atoms with Crippen molar-refractivity contribution in [2.45, 2.75) is 57.4 Å². The number of halogens is 2. The second-order valence-corrected chi connectivity index (χ2v) is 11.2. The maximum Gasteiger partial charge on any atom is 0.231 e. The van der Waals surface area contributed by atoms with Gasteiger partial charge in [-0.3, -0.25) is 19.9 Å². The van der Waals surface area contributed by atoms with Crippen LogP contribution in [0.5, 0.6) is 0 Å². The van der Waals surface area contributed by atoms with Gasteiger partial charge in [0, 0.05) is 50.1 Å². The predicted molar refractivity (Wildman–Crippen MR) is 148 cm³/mol. The lowest BCUT2D eigenvalue weighted by atomic mass is 9.80. The molecule has 1 saturated carbocycles. The molecule has 1 aliphatic carbocycles. The molecule has 10 heteroatoms. The third-order valence-electron chi connectivity index (χ3n) is 8.54. The Morgan fingerprint density at radius 2 is 1.77 bits per heavy atom. The van der Waals surface area contributed by atoms with Crippen LogP contribution >= 0.6 is 11.6 Å². The number of nitrogens with zero attached hydrogens (tertiary/aromatic N) is 5. The first-order chi connectivity index (χ1) is 19.0. The third-order valence-corrected chi connectivity index (χ3v) is 8.91. The van der Waals surface area contributed by atoms with Crippen LogP contribution in [0.15, 0.2) is 53.6 Å². The van der Waals surface area contributed by atoms with E-state index >= 15 is 0 Å². The molecular formula is C29H34ClFN6O2. The van der Waals surface area contributed by atoms with Gasteiger partial charge < -0.3 is 14.7 Å². The highest BCUT2D eigenvalue weighted by Crippen LogP contribution is 2.38. The lowest BCUT2D eigenvalue weighted by Gasteiger charge is -2.50. The van der Waals surface area contributed by atoms with E-state index in [0.29, 0.717) is 56.3 Å². The number of hydrazone groups is 1. The van der Waals surface area contributed by atoms with E-state index in [4.69, 9.17) is 11.6 Å². The first-order valence-corrected chi connectivity index (χ1v) is 14.3. The van der Waals surface area contributed by atoms with E-state index in [1.54, 1.807) is 12.1 Å². The Bertz CT molecular complexity index is 1270. The number of para-hydroxylation sites is 1. The Hall–Kier alpha value is -3.33. The minimum atomic E-state index is -0.373. The molecule has 2 aromatic carbocycles. The summed E-state index contributed by atoms with van der Waals surface area (Å²) in [5.74, 6) is 0.754. The van der Waals surface area contributed by atoms with Gasteiger partial charge in [-0.25, -0.2) is 4.39 Å². The third kappa shape index (κ3) is 5.04. The SMILES string of the molecule is O=C(CCC1=NNC2N(Cc3ccccc3Cl)C(=O)C3CCCCC3N12)N1CCN(c2ccccc2F)CC1. The number of hydrogen-bond acceptors (Lipinski definition) is 6. The summed E-state index contributed by atoms with van der Waals surface area (Å²) >= 11 is 6.45. The summed E-state index contributed by atoms with van der Waals surface area (Å²) < 4.78 is 14.2. The molecule has 2 amide bonds. The van der Waals surface area contributed by atoms with Gasteiger partial charge in [0.2, 0.25) is 11.8 Å². The fourth-order valence-electron chi connectivity index (χ4n) is 6.49. The van der Waals surface area contributed by atoms with Crippen LogP contribution in [0, 0.1) is 11.7 Å². The predicted octanol–water partition coefficient (Wildman–Crippen LogP) is 4.01. The molecule has 3 aliphatic heterocycles. The molecular weight excluding hydrogens is 519 g/mol. The quantitative estimate of drug-likeness (QED) is 0.586. The second-order valence-electron chi connectivity index (χ2n) is 10.8. The minimum absolute atomic E-state index is 0.0789. The Morgan fingerprint density at radius 3 is 2.56 bits per heavy atom. The van der Waals surface area contributed by atoms with Crippen molar-refractivity contribution < 1.29 is 14.0 Å². The van der Waals surface area contributed by atoms with Gasteiger partial charge in [-0.05, 0) is 36.6 Å². The molecule has 0 spiro atoms. The monoisotopic (exact) mass is 552 g/mol. The van der Waals surface area contributed by atoms with Gasteiger partial charge in [0.1, 0.15) is 11.7 Å². The smallest absolute Gasteiger partial charge is 0.231 e. The van der Waals surface area contributed by atoms with Crippen molar-refractivity contribution in [1.29, 1.82) is 0 Å². The summed E-state index contributed by atoms with van der Waals surface area (Å²) in [6.45, 7) is 2.74. The van der Waals surface area contributed by atoms with Gasteiger partial charge in [0.15, 0.2) is 6.29 Å². The summed E-state index contributed by atoms with van der Waals surface area (Å²) in [5.41, 5.74) is 4.70. The Labute approximate surface area is 233 Å². The number of fused-ring (bicyclic) bond motifs is 3. The lowest BCUT2D eigenvalue weighted by molar-refractivity contribution is -0.156. The maximum absolute atomic E-state index is 14.2. The number of hydrogen-bond donors (Lipinski definition) is 1. The largest absolute Gasteiger partial charge is 0.366 e. The molecule has 3 fully saturated rings. The van der Waals surface area contributed by atoms with Gasteiger partial charge in [-0.2, -0.15) is 5.10 Å². The standard InChI is InChI=1S/C29H34ClFN6O2/c30-22-9-3-1-7-20(22)19-36-28(39)21-8-2-5-11-24(21)37-26(32-33-29(36)37)13-14-27(38)35-17-15-34(16-18-35)25-12-6-4-10-23(25)31/h1,3-4,6-7,9-10,12,21,24,29,33H,2,5,8,11,13-19H2. The Kier molecular flexibility index (Phi) is 7.34. The zero-order chi connectivity index (χ0) is 26.9. The van der Waals surface area contributed by atoms with Crippen LogP contribution in [0.4, 0.5) is 10.1 Å². The number of amides is 2. The van der Waals surface area contributed by atoms with E-state index in [2.05, 4.69) is 15.4 Å². The van der Waals surface area contributed by atoms with Gasteiger partial charge in [-0.1, -0.05) is 54.8 Å². The van der Waals surface area contributed by atoms with E-state index in [0.717, 1.165) is 37.1 Å². The summed E-state index contributed by atoms with van der Waals surface area (Å²) in [5, 5.41) is 5.28. The van der Waals surface area contributed by atoms with Crippen molar-refractivity contribution in [3.05, 3.63) is 64.9 Å². The molecule has 206 valence electrons. The van der Waals surface area contributed by atoms with Crippen LogP contribution in [0.2, 0.25) is 5.02 Å². The van der Waals surface area contributed by atoms with E-state index in [9.17, 15) is 14.0 Å². The number of nitrogens with one attached hydrogen (secondary N) is 1. The molecule has 2 saturated heterocycles. The van der Waals surface area contributed by atoms with Gasteiger partial charge in [0.25, 0.3) is 0 Å². The van der Waals surface area contributed by atoms with E-state index in [1.165, 1.54) is 6.07 Å². The normalized spacial score (nSPS) is 24.7. The highest BCUT2D eigenvalue weighted by molar-refractivity contribution is 6.31. The molecule has 1 N–H and O–H groups in total. The van der Waals surface area contributed by atoms with Crippen molar-refractivity contribution in [1.82, 2.24) is 20.1 Å². The number of carbonyl (C=O) groups excluding carboxylic acids is 2. The molecule has 3 atom stereocenters. The number of anilines is 1. The van der Waals surface area contributed by atoms with Gasteiger partial charge in [0.05, 0.1) is 18.2 Å². The zero-order valence-corrected chi connectivity index (χ0v) is 22.7. The average molecular weight is 553 g/mol. The van der Waals surface area contributed by atoms with Gasteiger partial charge >= 0.3 is 0 Å². The topological polar surface area (TPSA) is 71.5 Å². The summed E-state index contributed by atoms with van der Waals surface area (Å²) in [6.07, 6.45) is 4.42.